The number of alkyl halides is 6. The van der Waals surface area contributed by atoms with Crippen LogP contribution in [0.1, 0.15) is 44.4 Å². The smallest absolute Gasteiger partial charge is 0.475 e. The van der Waals surface area contributed by atoms with Crippen molar-refractivity contribution in [3.8, 4) is 0 Å². The predicted molar refractivity (Wildman–Crippen MR) is 145 cm³/mol. The summed E-state index contributed by atoms with van der Waals surface area (Å²) in [6.07, 6.45) is -5.09. The maximum Gasteiger partial charge on any atom is 0.490 e. The molecule has 1 aromatic heterocycles. The van der Waals surface area contributed by atoms with E-state index in [1.807, 2.05) is 25.4 Å². The van der Waals surface area contributed by atoms with Crippen molar-refractivity contribution in [2.75, 3.05) is 46.8 Å². The molecule has 1 atom stereocenters. The lowest BCUT2D eigenvalue weighted by molar-refractivity contribution is -0.193. The van der Waals surface area contributed by atoms with Gasteiger partial charge in [0.05, 0.1) is 0 Å². The van der Waals surface area contributed by atoms with Gasteiger partial charge in [-0.05, 0) is 68.1 Å². The lowest BCUT2D eigenvalue weighted by Gasteiger charge is -2.54. The number of piperidine rings is 2. The van der Waals surface area contributed by atoms with Crippen LogP contribution in [0.3, 0.4) is 0 Å². The lowest BCUT2D eigenvalue weighted by Crippen LogP contribution is -2.60. The molecule has 0 aliphatic carbocycles. The number of carboxylic acids is 2. The minimum atomic E-state index is -5.08. The van der Waals surface area contributed by atoms with Crippen molar-refractivity contribution >= 4 is 29.3 Å². The Balaban J connectivity index is 0.000000522. The fourth-order valence-corrected chi connectivity index (χ4v) is 5.83. The van der Waals surface area contributed by atoms with Crippen LogP contribution in [0.5, 0.6) is 0 Å². The molecule has 242 valence electrons. The first-order chi connectivity index (χ1) is 19.3. The van der Waals surface area contributed by atoms with E-state index in [0.717, 1.165) is 25.6 Å². The molecule has 1 aromatic rings. The van der Waals surface area contributed by atoms with Crippen LogP contribution in [0.4, 0.5) is 31.1 Å². The summed E-state index contributed by atoms with van der Waals surface area (Å²) >= 11 is 1.84. The molecule has 42 heavy (non-hydrogen) atoms. The second-order valence-corrected chi connectivity index (χ2v) is 11.9. The number of carbonyl (C=O) groups excluding carboxylic acids is 1. The third-order valence-electron chi connectivity index (χ3n) is 7.02. The van der Waals surface area contributed by atoms with Gasteiger partial charge in [0.1, 0.15) is 0 Å². The van der Waals surface area contributed by atoms with Gasteiger partial charge in [-0.15, -0.1) is 11.3 Å². The van der Waals surface area contributed by atoms with Gasteiger partial charge >= 0.3 is 30.3 Å². The second-order valence-electron chi connectivity index (χ2n) is 10.9. The summed E-state index contributed by atoms with van der Waals surface area (Å²) in [5.41, 5.74) is 0.336. The third kappa shape index (κ3) is 12.7. The Morgan fingerprint density at radius 1 is 1.02 bits per heavy atom. The molecule has 2 saturated heterocycles. The van der Waals surface area contributed by atoms with Gasteiger partial charge in [-0.2, -0.15) is 26.3 Å². The lowest BCUT2D eigenvalue weighted by atomic mass is 9.66. The highest BCUT2D eigenvalue weighted by Crippen LogP contribution is 2.45. The number of aliphatic carboxylic acids is 2. The number of thiophene rings is 1. The van der Waals surface area contributed by atoms with Gasteiger partial charge < -0.3 is 25.3 Å². The summed E-state index contributed by atoms with van der Waals surface area (Å²) in [6.45, 7) is 11.1. The first kappa shape index (κ1) is 37.4. The zero-order chi connectivity index (χ0) is 32.3. The Bertz CT molecular complexity index is 957. The van der Waals surface area contributed by atoms with E-state index in [2.05, 4.69) is 46.5 Å². The van der Waals surface area contributed by atoms with Gasteiger partial charge in [-0.1, -0.05) is 19.9 Å². The van der Waals surface area contributed by atoms with E-state index in [-0.39, 0.29) is 6.03 Å². The van der Waals surface area contributed by atoms with E-state index >= 15 is 0 Å². The zero-order valence-corrected chi connectivity index (χ0v) is 24.9. The molecule has 0 bridgehead atoms. The normalized spacial score (nSPS) is 19.3. The summed E-state index contributed by atoms with van der Waals surface area (Å²) in [5.74, 6) is -4.79. The predicted octanol–water partition coefficient (Wildman–Crippen LogP) is 4.99. The summed E-state index contributed by atoms with van der Waals surface area (Å²) < 4.78 is 63.5. The SMILES string of the molecule is CC(C)CN1CCC2(CCCN(Cc3cccs3)C2CNC(=O)N(C)C)CC1.O=C(O)C(F)(F)F.O=C(O)C(F)(F)F. The van der Waals surface area contributed by atoms with Crippen molar-refractivity contribution < 1.29 is 50.9 Å². The molecule has 16 heteroatoms. The van der Waals surface area contributed by atoms with Crippen LogP contribution < -0.4 is 5.32 Å². The molecule has 0 saturated carbocycles. The van der Waals surface area contributed by atoms with Crippen molar-refractivity contribution in [2.45, 2.75) is 64.5 Å². The molecule has 1 unspecified atom stereocenters. The molecule has 3 N–H and O–H groups in total. The quantitative estimate of drug-likeness (QED) is 0.378. The first-order valence-corrected chi connectivity index (χ1v) is 14.2. The molecule has 0 aromatic carbocycles. The summed E-state index contributed by atoms with van der Waals surface area (Å²) in [4.78, 5) is 38.4. The number of carbonyl (C=O) groups is 3. The molecular formula is C26H40F6N4O5S. The number of nitrogens with one attached hydrogen (secondary N) is 1. The van der Waals surface area contributed by atoms with E-state index in [4.69, 9.17) is 19.8 Å². The van der Waals surface area contributed by atoms with Crippen LogP contribution in [-0.4, -0.2) is 108 Å². The van der Waals surface area contributed by atoms with Crippen molar-refractivity contribution in [3.63, 3.8) is 0 Å². The molecule has 2 amide bonds. The summed E-state index contributed by atoms with van der Waals surface area (Å²) in [5, 5.41) is 19.6. The minimum Gasteiger partial charge on any atom is -0.475 e. The van der Waals surface area contributed by atoms with E-state index in [9.17, 15) is 31.1 Å². The number of rotatable bonds is 6. The maximum absolute atomic E-state index is 12.2. The van der Waals surface area contributed by atoms with Crippen LogP contribution in [0, 0.1) is 11.3 Å². The van der Waals surface area contributed by atoms with E-state index in [1.54, 1.807) is 4.90 Å². The number of hydrogen-bond donors (Lipinski definition) is 3. The van der Waals surface area contributed by atoms with Crippen LogP contribution >= 0.6 is 11.3 Å². The molecule has 2 aliphatic heterocycles. The molecule has 3 rings (SSSR count). The third-order valence-corrected chi connectivity index (χ3v) is 7.88. The van der Waals surface area contributed by atoms with Crippen molar-refractivity contribution in [1.29, 1.82) is 0 Å². The number of nitrogens with zero attached hydrogens (tertiary/aromatic N) is 3. The molecule has 3 heterocycles. The average Bonchev–Trinajstić information content (AvgIpc) is 3.37. The van der Waals surface area contributed by atoms with Crippen LogP contribution in [0.15, 0.2) is 17.5 Å². The van der Waals surface area contributed by atoms with Gasteiger partial charge in [-0.3, -0.25) is 4.90 Å². The number of amides is 2. The Morgan fingerprint density at radius 2 is 1.55 bits per heavy atom. The fourth-order valence-electron chi connectivity index (χ4n) is 5.10. The van der Waals surface area contributed by atoms with Gasteiger partial charge in [0, 0.05) is 44.6 Å². The van der Waals surface area contributed by atoms with Gasteiger partial charge in [0.15, 0.2) is 0 Å². The molecular weight excluding hydrogens is 594 g/mol. The molecule has 0 radical (unpaired) electrons. The number of halogens is 6. The second kappa shape index (κ2) is 16.3. The topological polar surface area (TPSA) is 113 Å². The minimum absolute atomic E-state index is 0.0223. The largest absolute Gasteiger partial charge is 0.490 e. The summed E-state index contributed by atoms with van der Waals surface area (Å²) in [6, 6.07) is 4.84. The number of hydrogen-bond acceptors (Lipinski definition) is 6. The Hall–Kier alpha value is -2.59. The zero-order valence-electron chi connectivity index (χ0n) is 24.1. The fraction of sp³-hybridized carbons (Fsp3) is 0.731. The monoisotopic (exact) mass is 634 g/mol. The molecule has 1 spiro atoms. The van der Waals surface area contributed by atoms with Crippen LogP contribution in [0.25, 0.3) is 0 Å². The molecule has 2 fully saturated rings. The average molecular weight is 635 g/mol. The highest BCUT2D eigenvalue weighted by Gasteiger charge is 2.46. The van der Waals surface area contributed by atoms with E-state index < -0.39 is 24.3 Å². The van der Waals surface area contributed by atoms with Gasteiger partial charge in [-0.25, -0.2) is 14.4 Å². The number of likely N-dealkylation sites (tertiary alicyclic amines) is 2. The van der Waals surface area contributed by atoms with Crippen molar-refractivity contribution in [2.24, 2.45) is 11.3 Å². The Kier molecular flexibility index (Phi) is 14.5. The highest BCUT2D eigenvalue weighted by molar-refractivity contribution is 7.09. The van der Waals surface area contributed by atoms with Crippen LogP contribution in [-0.2, 0) is 16.1 Å². The number of urea groups is 1. The Labute approximate surface area is 245 Å². The maximum atomic E-state index is 12.2. The van der Waals surface area contributed by atoms with Crippen LogP contribution in [0.2, 0.25) is 0 Å². The highest BCUT2D eigenvalue weighted by atomic mass is 32.1. The number of carboxylic acid groups (broad SMARTS) is 2. The Morgan fingerprint density at radius 3 is 1.95 bits per heavy atom. The van der Waals surface area contributed by atoms with Gasteiger partial charge in [0.25, 0.3) is 0 Å². The van der Waals surface area contributed by atoms with Gasteiger partial charge in [0.2, 0.25) is 0 Å². The van der Waals surface area contributed by atoms with E-state index in [0.29, 0.717) is 11.5 Å². The first-order valence-electron chi connectivity index (χ1n) is 13.3. The standard InChI is InChI=1S/C22H38N4OS.2C2HF3O2/c1-18(2)16-25-12-9-22(10-13-25)8-6-11-26(17-19-7-5-14-28-19)20(22)15-23-21(27)24(3)4;2*3-2(4,5)1(6)7/h5,7,14,18,20H,6,8-13,15-17H2,1-4H3,(H,23,27);2*(H,6,7). The molecule has 9 nitrogen and oxygen atoms in total. The van der Waals surface area contributed by atoms with Crippen molar-refractivity contribution in [1.82, 2.24) is 20.0 Å². The van der Waals surface area contributed by atoms with Crippen molar-refractivity contribution in [3.05, 3.63) is 22.4 Å². The summed E-state index contributed by atoms with van der Waals surface area (Å²) in [7, 11) is 3.64. The molecule has 2 aliphatic rings. The van der Waals surface area contributed by atoms with E-state index in [1.165, 1.54) is 50.2 Å².